The average Bonchev–Trinajstić information content (AvgIpc) is 2.49. The fourth-order valence-corrected chi connectivity index (χ4v) is 5.71. The zero-order valence-corrected chi connectivity index (χ0v) is 16.7. The van der Waals surface area contributed by atoms with Gasteiger partial charge in [-0.15, -0.1) is 0 Å². The van der Waals surface area contributed by atoms with Crippen LogP contribution in [0.3, 0.4) is 0 Å². The van der Waals surface area contributed by atoms with Gasteiger partial charge in [0.05, 0.1) is 0 Å². The first kappa shape index (κ1) is 20.3. The molecule has 6 heteroatoms. The number of methoxy groups -OCH3 is 4. The summed E-state index contributed by atoms with van der Waals surface area (Å²) in [5, 5.41) is 0. The molecule has 4 nitrogen and oxygen atoms in total. The summed E-state index contributed by atoms with van der Waals surface area (Å²) in [4.78, 5) is 0. The fraction of sp³-hybridized carbons (Fsp3) is 1.00. The Morgan fingerprint density at radius 1 is 0.600 bits per heavy atom. The van der Waals surface area contributed by atoms with Crippen LogP contribution in [0.4, 0.5) is 0 Å². The van der Waals surface area contributed by atoms with Gasteiger partial charge in [-0.2, -0.15) is 0 Å². The molecule has 0 aliphatic carbocycles. The van der Waals surface area contributed by atoms with E-state index < -0.39 is 0 Å². The molecule has 0 N–H and O–H groups in total. The maximum Gasteiger partial charge on any atom is 0.156 e. The zero-order valence-electron chi connectivity index (χ0n) is 13.9. The minimum absolute atomic E-state index is 0.0180. The van der Waals surface area contributed by atoms with E-state index in [2.05, 4.69) is 0 Å². The molecule has 0 saturated heterocycles. The Hall–Kier alpha value is 0.274. The van der Waals surface area contributed by atoms with Gasteiger partial charge in [-0.3, -0.25) is 0 Å². The molecule has 0 fully saturated rings. The quantitative estimate of drug-likeness (QED) is 0.262. The van der Waals surface area contributed by atoms with E-state index in [0.29, 0.717) is 0 Å². The monoisotopic (exact) mass is 322 g/mol. The molecule has 0 heterocycles. The van der Waals surface area contributed by atoms with Crippen molar-refractivity contribution in [2.24, 2.45) is 0 Å². The number of hydrogen-bond donors (Lipinski definition) is 0. The summed E-state index contributed by atoms with van der Waals surface area (Å²) in [6.45, 7) is 0. The third-order valence-corrected chi connectivity index (χ3v) is 7.50. The lowest BCUT2D eigenvalue weighted by molar-refractivity contribution is -0.103. The molecule has 0 amide bonds. The van der Waals surface area contributed by atoms with Crippen LogP contribution < -0.4 is 0 Å². The van der Waals surface area contributed by atoms with E-state index >= 15 is 0 Å². The second-order valence-corrected chi connectivity index (χ2v) is 9.45. The summed E-state index contributed by atoms with van der Waals surface area (Å²) in [7, 11) is 7.09. The van der Waals surface area contributed by atoms with E-state index in [0.717, 1.165) is 12.8 Å². The molecular weight excluding hydrogens is 288 g/mol. The Labute approximate surface area is 129 Å². The maximum atomic E-state index is 5.19. The number of hydrogen-bond acceptors (Lipinski definition) is 4. The number of rotatable bonds is 15. The highest BCUT2D eigenvalue weighted by Gasteiger charge is 2.05. The molecule has 0 aliphatic rings. The molecule has 0 aromatic carbocycles. The van der Waals surface area contributed by atoms with Crippen LogP contribution in [-0.2, 0) is 18.9 Å². The van der Waals surface area contributed by atoms with Crippen molar-refractivity contribution in [3.63, 3.8) is 0 Å². The predicted octanol–water partition coefficient (Wildman–Crippen LogP) is 1.80. The van der Waals surface area contributed by atoms with Crippen LogP contribution in [0.1, 0.15) is 25.7 Å². The van der Waals surface area contributed by atoms with Crippen LogP contribution in [0.5, 0.6) is 0 Å². The van der Waals surface area contributed by atoms with Gasteiger partial charge in [0.25, 0.3) is 0 Å². The van der Waals surface area contributed by atoms with Crippen molar-refractivity contribution >= 4 is 19.0 Å². The largest absolute Gasteiger partial charge is 0.356 e. The molecule has 0 saturated carbocycles. The van der Waals surface area contributed by atoms with Crippen LogP contribution >= 0.6 is 0 Å². The summed E-state index contributed by atoms with van der Waals surface area (Å²) in [6, 6.07) is 5.64. The molecule has 0 bridgehead atoms. The summed E-state index contributed by atoms with van der Waals surface area (Å²) in [5.41, 5.74) is 0. The lowest BCUT2D eigenvalue weighted by Crippen LogP contribution is -2.13. The van der Waals surface area contributed by atoms with Gasteiger partial charge in [-0.25, -0.2) is 0 Å². The third-order valence-electron chi connectivity index (χ3n) is 3.68. The first-order valence-corrected chi connectivity index (χ1v) is 11.9. The predicted molar refractivity (Wildman–Crippen MR) is 90.4 cm³/mol. The van der Waals surface area contributed by atoms with Crippen molar-refractivity contribution in [3.05, 3.63) is 0 Å². The topological polar surface area (TPSA) is 36.9 Å². The van der Waals surface area contributed by atoms with E-state index in [9.17, 15) is 0 Å². The van der Waals surface area contributed by atoms with Gasteiger partial charge in [-0.1, -0.05) is 37.0 Å². The molecule has 0 unspecified atom stereocenters. The van der Waals surface area contributed by atoms with E-state index in [1.165, 1.54) is 37.0 Å². The van der Waals surface area contributed by atoms with Crippen LogP contribution in [0, 0.1) is 0 Å². The van der Waals surface area contributed by atoms with Crippen molar-refractivity contribution in [2.45, 2.75) is 62.4 Å². The van der Waals surface area contributed by atoms with E-state index in [1.54, 1.807) is 28.4 Å². The van der Waals surface area contributed by atoms with E-state index in [1.807, 2.05) is 0 Å². The van der Waals surface area contributed by atoms with Gasteiger partial charge in [-0.05, 0) is 12.8 Å². The number of unbranched alkanes of at least 4 members (excludes halogenated alkanes) is 1. The van der Waals surface area contributed by atoms with Gasteiger partial charge < -0.3 is 18.9 Å². The van der Waals surface area contributed by atoms with E-state index in [-0.39, 0.29) is 31.6 Å². The highest BCUT2D eigenvalue weighted by molar-refractivity contribution is 6.36. The number of ether oxygens (including phenoxy) is 4. The Kier molecular flexibility index (Phi) is 15.9. The molecule has 0 spiro atoms. The molecule has 0 rings (SSSR count). The Balaban J connectivity index is 3.17. The molecule has 0 atom stereocenters. The third kappa shape index (κ3) is 12.0. The molecule has 20 heavy (non-hydrogen) atoms. The first-order valence-electron chi connectivity index (χ1n) is 7.89. The standard InChI is InChI=1S/C14H34O4Si2/c1-15-13(16-2)7-11-19-9-5-6-10-20-12-8-14(17-3)18-4/h13-14H,5-12,19-20H2,1-4H3. The second kappa shape index (κ2) is 15.7. The minimum atomic E-state index is 0.0180. The zero-order chi connectivity index (χ0) is 15.1. The summed E-state index contributed by atoms with van der Waals surface area (Å²) < 4.78 is 20.8. The molecule has 0 aromatic heterocycles. The van der Waals surface area contributed by atoms with Gasteiger partial charge in [0.15, 0.2) is 12.6 Å². The lowest BCUT2D eigenvalue weighted by atomic mass is 10.4. The highest BCUT2D eigenvalue weighted by Crippen LogP contribution is 2.08. The van der Waals surface area contributed by atoms with Crippen molar-refractivity contribution in [3.8, 4) is 0 Å². The molecule has 122 valence electrons. The van der Waals surface area contributed by atoms with Gasteiger partial charge in [0.1, 0.15) is 0 Å². The van der Waals surface area contributed by atoms with Gasteiger partial charge in [0, 0.05) is 47.5 Å². The Morgan fingerprint density at radius 2 is 0.950 bits per heavy atom. The normalized spacial score (nSPS) is 12.9. The summed E-state index contributed by atoms with van der Waals surface area (Å²) >= 11 is 0. The van der Waals surface area contributed by atoms with Crippen molar-refractivity contribution in [1.82, 2.24) is 0 Å². The molecule has 0 aliphatic heterocycles. The first-order chi connectivity index (χ1) is 9.78. The Morgan fingerprint density at radius 3 is 1.25 bits per heavy atom. The Bertz CT molecular complexity index is 168. The molecular formula is C14H34O4Si2. The van der Waals surface area contributed by atoms with Crippen LogP contribution in [0.25, 0.3) is 0 Å². The van der Waals surface area contributed by atoms with Crippen LogP contribution in [-0.4, -0.2) is 60.1 Å². The molecule has 0 aromatic rings. The smallest absolute Gasteiger partial charge is 0.156 e. The van der Waals surface area contributed by atoms with Crippen LogP contribution in [0.15, 0.2) is 0 Å². The van der Waals surface area contributed by atoms with Crippen molar-refractivity contribution < 1.29 is 18.9 Å². The van der Waals surface area contributed by atoms with Gasteiger partial charge >= 0.3 is 0 Å². The molecule has 0 radical (unpaired) electrons. The average molecular weight is 323 g/mol. The summed E-state index contributed by atoms with van der Waals surface area (Å²) in [5.74, 6) is 0. The van der Waals surface area contributed by atoms with Crippen LogP contribution in [0.2, 0.25) is 24.2 Å². The van der Waals surface area contributed by atoms with E-state index in [4.69, 9.17) is 18.9 Å². The van der Waals surface area contributed by atoms with Gasteiger partial charge in [0.2, 0.25) is 0 Å². The van der Waals surface area contributed by atoms with Crippen molar-refractivity contribution in [2.75, 3.05) is 28.4 Å². The maximum absolute atomic E-state index is 5.19. The van der Waals surface area contributed by atoms with Crippen molar-refractivity contribution in [1.29, 1.82) is 0 Å². The lowest BCUT2D eigenvalue weighted by Gasteiger charge is -2.12. The highest BCUT2D eigenvalue weighted by atomic mass is 28.2. The fourth-order valence-electron chi connectivity index (χ4n) is 2.35. The second-order valence-electron chi connectivity index (χ2n) is 5.21. The minimum Gasteiger partial charge on any atom is -0.356 e. The SMILES string of the molecule is COC(CC[SiH2]CCCC[SiH2]CCC(OC)OC)OC. The summed E-state index contributed by atoms with van der Waals surface area (Å²) in [6.07, 6.45) is 5.05.